The molecule has 0 fully saturated rings. The summed E-state index contributed by atoms with van der Waals surface area (Å²) in [4.78, 5) is 12.9. The predicted molar refractivity (Wildman–Crippen MR) is 139 cm³/mol. The number of rotatable bonds is 9. The molecule has 194 valence electrons. The molecule has 0 aliphatic heterocycles. The maximum Gasteiger partial charge on any atom is 0.408 e. The Balaban J connectivity index is 2.50. The largest absolute Gasteiger partial charge is 0.507 e. The van der Waals surface area contributed by atoms with E-state index in [1.54, 1.807) is 13.8 Å². The van der Waals surface area contributed by atoms with Crippen molar-refractivity contribution in [1.29, 1.82) is 0 Å². The van der Waals surface area contributed by atoms with Crippen molar-refractivity contribution in [2.45, 2.75) is 72.3 Å². The van der Waals surface area contributed by atoms with Gasteiger partial charge in [0.1, 0.15) is 12.0 Å². The van der Waals surface area contributed by atoms with Crippen LogP contribution < -0.4 is 5.32 Å². The molecule has 0 aromatic heterocycles. The van der Waals surface area contributed by atoms with Crippen LogP contribution in [0, 0.1) is 0 Å². The SMILES string of the molecule is CCOP(=O)(CNC(=O)OC(c1ccccc1)c1cc(C(C)(C)C)c(O)c(C(C)(C)C)c1)OCC. The third kappa shape index (κ3) is 7.83. The van der Waals surface area contributed by atoms with E-state index in [0.29, 0.717) is 0 Å². The van der Waals surface area contributed by atoms with Gasteiger partial charge in [-0.3, -0.25) is 4.57 Å². The fourth-order valence-corrected chi connectivity index (χ4v) is 5.11. The molecule has 35 heavy (non-hydrogen) atoms. The van der Waals surface area contributed by atoms with Crippen molar-refractivity contribution in [3.05, 3.63) is 64.7 Å². The van der Waals surface area contributed by atoms with Gasteiger partial charge in [-0.2, -0.15) is 0 Å². The summed E-state index contributed by atoms with van der Waals surface area (Å²) in [5.41, 5.74) is 2.35. The van der Waals surface area contributed by atoms with Crippen LogP contribution in [-0.4, -0.2) is 30.7 Å². The van der Waals surface area contributed by atoms with Gasteiger partial charge in [0.25, 0.3) is 0 Å². The van der Waals surface area contributed by atoms with E-state index in [0.717, 1.165) is 22.3 Å². The van der Waals surface area contributed by atoms with Crippen LogP contribution in [0.5, 0.6) is 5.75 Å². The van der Waals surface area contributed by atoms with Gasteiger partial charge in [-0.15, -0.1) is 0 Å². The first-order chi connectivity index (χ1) is 16.2. The molecule has 7 nitrogen and oxygen atoms in total. The highest BCUT2D eigenvalue weighted by atomic mass is 31.2. The minimum Gasteiger partial charge on any atom is -0.507 e. The molecule has 0 aliphatic rings. The van der Waals surface area contributed by atoms with Crippen molar-refractivity contribution in [1.82, 2.24) is 5.32 Å². The van der Waals surface area contributed by atoms with Gasteiger partial charge in [0.05, 0.1) is 13.2 Å². The van der Waals surface area contributed by atoms with Crippen LogP contribution in [0.3, 0.4) is 0 Å². The lowest BCUT2D eigenvalue weighted by Gasteiger charge is -2.30. The quantitative estimate of drug-likeness (QED) is 0.356. The monoisotopic (exact) mass is 505 g/mol. The Kier molecular flexibility index (Phi) is 9.57. The lowest BCUT2D eigenvalue weighted by atomic mass is 9.77. The number of alkyl carbamates (subject to hydrolysis) is 1. The van der Waals surface area contributed by atoms with Crippen molar-refractivity contribution in [2.75, 3.05) is 19.5 Å². The summed E-state index contributed by atoms with van der Waals surface area (Å²) in [6.07, 6.45) is -1.80. The van der Waals surface area contributed by atoms with Crippen LogP contribution in [0.25, 0.3) is 0 Å². The molecule has 0 spiro atoms. The minimum absolute atomic E-state index is 0.194. The standard InChI is InChI=1S/C27H40NO6P/c1-9-32-35(31,33-10-2)18-28-25(30)34-24(19-14-12-11-13-15-19)20-16-21(26(3,4)5)23(29)22(17-20)27(6,7)8/h11-17,24,29H,9-10,18H2,1-8H3,(H,28,30). The highest BCUT2D eigenvalue weighted by Crippen LogP contribution is 2.47. The van der Waals surface area contributed by atoms with E-state index in [9.17, 15) is 14.5 Å². The van der Waals surface area contributed by atoms with Crippen LogP contribution in [0.15, 0.2) is 42.5 Å². The molecule has 2 aromatic rings. The van der Waals surface area contributed by atoms with E-state index in [1.807, 2.05) is 84.0 Å². The highest BCUT2D eigenvalue weighted by Gasteiger charge is 2.31. The predicted octanol–water partition coefficient (Wildman–Crippen LogP) is 7.03. The van der Waals surface area contributed by atoms with E-state index in [2.05, 4.69) is 5.32 Å². The summed E-state index contributed by atoms with van der Waals surface area (Å²) in [6.45, 7) is 16.0. The van der Waals surface area contributed by atoms with Crippen LogP contribution >= 0.6 is 7.60 Å². The number of carbonyl (C=O) groups excluding carboxylic acids is 1. The van der Waals surface area contributed by atoms with Gasteiger partial charge >= 0.3 is 13.7 Å². The van der Waals surface area contributed by atoms with Gasteiger partial charge in [0.15, 0.2) is 6.10 Å². The lowest BCUT2D eigenvalue weighted by molar-refractivity contribution is 0.116. The number of phenolic OH excluding ortho intramolecular Hbond substituents is 1. The molecule has 2 rings (SSSR count). The number of benzene rings is 2. The summed E-state index contributed by atoms with van der Waals surface area (Å²) in [5, 5.41) is 13.7. The second kappa shape index (κ2) is 11.6. The molecule has 1 amide bonds. The molecular weight excluding hydrogens is 465 g/mol. The number of ether oxygens (including phenoxy) is 1. The summed E-state index contributed by atoms with van der Waals surface area (Å²) >= 11 is 0. The van der Waals surface area contributed by atoms with Crippen LogP contribution in [0.1, 0.15) is 83.7 Å². The Bertz CT molecular complexity index is 995. The van der Waals surface area contributed by atoms with Gasteiger partial charge < -0.3 is 24.2 Å². The van der Waals surface area contributed by atoms with E-state index in [-0.39, 0.29) is 36.1 Å². The number of hydrogen-bond donors (Lipinski definition) is 2. The molecule has 8 heteroatoms. The zero-order chi connectivity index (χ0) is 26.4. The molecule has 2 aromatic carbocycles. The Morgan fingerprint density at radius 2 is 1.40 bits per heavy atom. The first-order valence-electron chi connectivity index (χ1n) is 12.0. The molecule has 0 radical (unpaired) electrons. The molecule has 2 N–H and O–H groups in total. The molecule has 1 atom stereocenters. The average Bonchev–Trinajstić information content (AvgIpc) is 2.76. The smallest absolute Gasteiger partial charge is 0.408 e. The Morgan fingerprint density at radius 1 is 0.914 bits per heavy atom. The zero-order valence-electron chi connectivity index (χ0n) is 22.2. The van der Waals surface area contributed by atoms with Crippen LogP contribution in [-0.2, 0) is 29.2 Å². The maximum atomic E-state index is 12.9. The number of carbonyl (C=O) groups is 1. The zero-order valence-corrected chi connectivity index (χ0v) is 23.1. The number of phenols is 1. The first kappa shape index (κ1) is 28.9. The molecule has 1 unspecified atom stereocenters. The van der Waals surface area contributed by atoms with E-state index >= 15 is 0 Å². The van der Waals surface area contributed by atoms with Gasteiger partial charge in [0.2, 0.25) is 0 Å². The molecule has 0 saturated heterocycles. The molecule has 0 saturated carbocycles. The second-order valence-electron chi connectivity index (χ2n) is 10.4. The topological polar surface area (TPSA) is 94.1 Å². The average molecular weight is 506 g/mol. The fraction of sp³-hybridized carbons (Fsp3) is 0.519. The van der Waals surface area contributed by atoms with Gasteiger partial charge in [-0.25, -0.2) is 4.79 Å². The van der Waals surface area contributed by atoms with Gasteiger partial charge in [-0.1, -0.05) is 71.9 Å². The Labute approximate surface area is 209 Å². The van der Waals surface area contributed by atoms with E-state index < -0.39 is 19.8 Å². The van der Waals surface area contributed by atoms with Gasteiger partial charge in [-0.05, 0) is 59.1 Å². The van der Waals surface area contributed by atoms with Crippen LogP contribution in [0.4, 0.5) is 4.79 Å². The first-order valence-corrected chi connectivity index (χ1v) is 13.7. The maximum absolute atomic E-state index is 12.9. The lowest BCUT2D eigenvalue weighted by Crippen LogP contribution is -2.28. The van der Waals surface area contributed by atoms with Crippen molar-refractivity contribution >= 4 is 13.7 Å². The normalized spacial score (nSPS) is 13.4. The van der Waals surface area contributed by atoms with Gasteiger partial charge in [0, 0.05) is 0 Å². The molecular formula is C27H40NO6P. The third-order valence-electron chi connectivity index (χ3n) is 5.45. The third-order valence-corrected chi connectivity index (χ3v) is 7.30. The van der Waals surface area contributed by atoms with E-state index in [1.165, 1.54) is 0 Å². The number of aromatic hydroxyl groups is 1. The Morgan fingerprint density at radius 3 is 1.83 bits per heavy atom. The summed E-state index contributed by atoms with van der Waals surface area (Å²) in [7, 11) is -3.47. The number of amides is 1. The summed E-state index contributed by atoms with van der Waals surface area (Å²) in [5.74, 6) is 0.249. The van der Waals surface area contributed by atoms with Crippen molar-refractivity contribution < 1.29 is 28.3 Å². The van der Waals surface area contributed by atoms with Crippen molar-refractivity contribution in [3.8, 4) is 5.75 Å². The fourth-order valence-electron chi connectivity index (χ4n) is 3.74. The summed E-state index contributed by atoms with van der Waals surface area (Å²) < 4.78 is 29.1. The Hall–Kier alpha value is -2.34. The number of hydrogen-bond acceptors (Lipinski definition) is 6. The van der Waals surface area contributed by atoms with Crippen molar-refractivity contribution in [3.63, 3.8) is 0 Å². The highest BCUT2D eigenvalue weighted by molar-refractivity contribution is 7.53. The van der Waals surface area contributed by atoms with E-state index in [4.69, 9.17) is 13.8 Å². The second-order valence-corrected chi connectivity index (χ2v) is 12.5. The van der Waals surface area contributed by atoms with Crippen LogP contribution in [0.2, 0.25) is 0 Å². The minimum atomic E-state index is -3.47. The molecule has 0 aliphatic carbocycles. The summed E-state index contributed by atoms with van der Waals surface area (Å²) in [6, 6.07) is 13.2. The number of nitrogens with one attached hydrogen (secondary N) is 1. The molecule has 0 heterocycles. The molecule has 0 bridgehead atoms. The van der Waals surface area contributed by atoms with Crippen molar-refractivity contribution in [2.24, 2.45) is 0 Å².